The molecular formula is C12H23N3O3S. The summed E-state index contributed by atoms with van der Waals surface area (Å²) in [5, 5.41) is 3.39. The topological polar surface area (TPSA) is 78.5 Å². The molecule has 6 nitrogen and oxygen atoms in total. The second kappa shape index (κ2) is 5.38. The SMILES string of the molecule is CC(NS(C)(=O)=O)C(=O)N1CCC2(CCNC2)CC1. The van der Waals surface area contributed by atoms with Gasteiger partial charge in [-0.15, -0.1) is 0 Å². The minimum absolute atomic E-state index is 0.119. The quantitative estimate of drug-likeness (QED) is 0.736. The lowest BCUT2D eigenvalue weighted by atomic mass is 9.78. The maximum atomic E-state index is 12.2. The van der Waals surface area contributed by atoms with Crippen LogP contribution < -0.4 is 10.0 Å². The highest BCUT2D eigenvalue weighted by molar-refractivity contribution is 7.88. The van der Waals surface area contributed by atoms with Crippen molar-refractivity contribution >= 4 is 15.9 Å². The number of piperidine rings is 1. The molecule has 0 aromatic rings. The monoisotopic (exact) mass is 289 g/mol. The van der Waals surface area contributed by atoms with Gasteiger partial charge in [-0.2, -0.15) is 0 Å². The fraction of sp³-hybridized carbons (Fsp3) is 0.917. The lowest BCUT2D eigenvalue weighted by molar-refractivity contribution is -0.134. The van der Waals surface area contributed by atoms with Crippen molar-refractivity contribution in [1.29, 1.82) is 0 Å². The Kier molecular flexibility index (Phi) is 4.17. The standard InChI is InChI=1S/C12H23N3O3S/c1-10(14-19(2,17)18)11(16)15-7-4-12(5-8-15)3-6-13-9-12/h10,13-14H,3-9H2,1-2H3. The van der Waals surface area contributed by atoms with Gasteiger partial charge in [0.25, 0.3) is 0 Å². The summed E-state index contributed by atoms with van der Waals surface area (Å²) in [4.78, 5) is 13.9. The molecule has 0 aromatic carbocycles. The fourth-order valence-corrected chi connectivity index (χ4v) is 3.81. The predicted molar refractivity (Wildman–Crippen MR) is 73.2 cm³/mol. The first kappa shape index (κ1) is 14.7. The number of hydrogen-bond acceptors (Lipinski definition) is 4. The normalized spacial score (nSPS) is 24.6. The summed E-state index contributed by atoms with van der Waals surface area (Å²) >= 11 is 0. The lowest BCUT2D eigenvalue weighted by Gasteiger charge is -2.39. The molecule has 1 amide bonds. The van der Waals surface area contributed by atoms with Crippen molar-refractivity contribution in [2.45, 2.75) is 32.2 Å². The van der Waals surface area contributed by atoms with Gasteiger partial charge >= 0.3 is 0 Å². The Labute approximate surface area is 115 Å². The Morgan fingerprint density at radius 2 is 1.95 bits per heavy atom. The predicted octanol–water partition coefficient (Wildman–Crippen LogP) is -0.474. The number of likely N-dealkylation sites (tertiary alicyclic amines) is 1. The highest BCUT2D eigenvalue weighted by atomic mass is 32.2. The number of rotatable bonds is 3. The van der Waals surface area contributed by atoms with E-state index in [1.54, 1.807) is 11.8 Å². The van der Waals surface area contributed by atoms with Crippen LogP contribution in [0.2, 0.25) is 0 Å². The van der Waals surface area contributed by atoms with Crippen LogP contribution >= 0.6 is 0 Å². The average Bonchev–Trinajstić information content (AvgIpc) is 2.75. The summed E-state index contributed by atoms with van der Waals surface area (Å²) in [5.74, 6) is -0.119. The van der Waals surface area contributed by atoms with Crippen LogP contribution in [0, 0.1) is 5.41 Å². The molecule has 0 aromatic heterocycles. The molecule has 1 spiro atoms. The molecular weight excluding hydrogens is 266 g/mol. The van der Waals surface area contributed by atoms with Gasteiger partial charge in [0.1, 0.15) is 0 Å². The van der Waals surface area contributed by atoms with Crippen LogP contribution in [0.5, 0.6) is 0 Å². The van der Waals surface area contributed by atoms with Crippen LogP contribution in [0.15, 0.2) is 0 Å². The first-order chi connectivity index (χ1) is 8.81. The highest BCUT2D eigenvalue weighted by Crippen LogP contribution is 2.36. The largest absolute Gasteiger partial charge is 0.341 e. The molecule has 1 unspecified atom stereocenters. The number of sulfonamides is 1. The number of carbonyl (C=O) groups is 1. The van der Waals surface area contributed by atoms with E-state index in [0.29, 0.717) is 5.41 Å². The molecule has 2 heterocycles. The fourth-order valence-electron chi connectivity index (χ4n) is 3.07. The van der Waals surface area contributed by atoms with Gasteiger partial charge in [-0.3, -0.25) is 4.79 Å². The van der Waals surface area contributed by atoms with Crippen molar-refractivity contribution in [3.8, 4) is 0 Å². The van der Waals surface area contributed by atoms with Crippen molar-refractivity contribution < 1.29 is 13.2 Å². The zero-order valence-electron chi connectivity index (χ0n) is 11.6. The summed E-state index contributed by atoms with van der Waals surface area (Å²) in [6.45, 7) is 5.18. The van der Waals surface area contributed by atoms with E-state index in [0.717, 1.165) is 45.3 Å². The van der Waals surface area contributed by atoms with E-state index >= 15 is 0 Å². The van der Waals surface area contributed by atoms with Gasteiger partial charge in [0.05, 0.1) is 12.3 Å². The Morgan fingerprint density at radius 3 is 2.42 bits per heavy atom. The minimum atomic E-state index is -3.34. The van der Waals surface area contributed by atoms with Crippen molar-refractivity contribution in [2.24, 2.45) is 5.41 Å². The molecule has 2 rings (SSSR count). The van der Waals surface area contributed by atoms with Crippen molar-refractivity contribution in [3.63, 3.8) is 0 Å². The van der Waals surface area contributed by atoms with Crippen LogP contribution in [0.1, 0.15) is 26.2 Å². The van der Waals surface area contributed by atoms with Crippen LogP contribution in [0.3, 0.4) is 0 Å². The van der Waals surface area contributed by atoms with Gasteiger partial charge in [-0.25, -0.2) is 13.1 Å². The molecule has 2 fully saturated rings. The van der Waals surface area contributed by atoms with Gasteiger partial charge in [-0.05, 0) is 38.1 Å². The molecule has 0 radical (unpaired) electrons. The van der Waals surface area contributed by atoms with E-state index in [-0.39, 0.29) is 5.91 Å². The molecule has 0 aliphatic carbocycles. The lowest BCUT2D eigenvalue weighted by Crippen LogP contribution is -2.51. The van der Waals surface area contributed by atoms with Gasteiger partial charge in [0.2, 0.25) is 15.9 Å². The van der Waals surface area contributed by atoms with E-state index < -0.39 is 16.1 Å². The summed E-state index contributed by atoms with van der Waals surface area (Å²) in [6, 6.07) is -0.675. The van der Waals surface area contributed by atoms with E-state index in [1.807, 2.05) is 0 Å². The highest BCUT2D eigenvalue weighted by Gasteiger charge is 2.38. The second-order valence-electron chi connectivity index (χ2n) is 5.86. The number of nitrogens with one attached hydrogen (secondary N) is 2. The summed E-state index contributed by atoms with van der Waals surface area (Å²) in [7, 11) is -3.34. The minimum Gasteiger partial charge on any atom is -0.341 e. The van der Waals surface area contributed by atoms with E-state index in [9.17, 15) is 13.2 Å². The maximum Gasteiger partial charge on any atom is 0.240 e. The third-order valence-corrected chi connectivity index (χ3v) is 5.01. The van der Waals surface area contributed by atoms with Crippen molar-refractivity contribution in [3.05, 3.63) is 0 Å². The van der Waals surface area contributed by atoms with Crippen LogP contribution in [0.25, 0.3) is 0 Å². The number of nitrogens with zero attached hydrogens (tertiary/aromatic N) is 1. The molecule has 0 saturated carbocycles. The van der Waals surface area contributed by atoms with E-state index in [2.05, 4.69) is 10.0 Å². The van der Waals surface area contributed by atoms with Gasteiger partial charge in [-0.1, -0.05) is 0 Å². The van der Waals surface area contributed by atoms with Gasteiger partial charge in [0, 0.05) is 19.6 Å². The Bertz CT molecular complexity index is 433. The molecule has 19 heavy (non-hydrogen) atoms. The third-order valence-electron chi connectivity index (χ3n) is 4.23. The van der Waals surface area contributed by atoms with Crippen LogP contribution in [-0.2, 0) is 14.8 Å². The Hall–Kier alpha value is -0.660. The first-order valence-corrected chi connectivity index (χ1v) is 8.67. The number of hydrogen-bond donors (Lipinski definition) is 2. The van der Waals surface area contributed by atoms with Crippen LogP contribution in [-0.4, -0.2) is 57.7 Å². The second-order valence-corrected chi connectivity index (χ2v) is 7.64. The Balaban J connectivity index is 1.88. The van der Waals surface area contributed by atoms with Crippen molar-refractivity contribution in [1.82, 2.24) is 14.9 Å². The molecule has 7 heteroatoms. The number of carbonyl (C=O) groups excluding carboxylic acids is 1. The van der Waals surface area contributed by atoms with Crippen molar-refractivity contribution in [2.75, 3.05) is 32.4 Å². The smallest absolute Gasteiger partial charge is 0.240 e. The first-order valence-electron chi connectivity index (χ1n) is 6.78. The summed E-state index contributed by atoms with van der Waals surface area (Å²) < 4.78 is 24.6. The van der Waals surface area contributed by atoms with E-state index in [4.69, 9.17) is 0 Å². The molecule has 1 atom stereocenters. The maximum absolute atomic E-state index is 12.2. The zero-order valence-corrected chi connectivity index (χ0v) is 12.4. The molecule has 2 aliphatic rings. The molecule has 110 valence electrons. The summed E-state index contributed by atoms with van der Waals surface area (Å²) in [5.41, 5.74) is 0.365. The third kappa shape index (κ3) is 3.67. The van der Waals surface area contributed by atoms with Gasteiger partial charge < -0.3 is 10.2 Å². The molecule has 2 saturated heterocycles. The molecule has 2 N–H and O–H groups in total. The molecule has 0 bridgehead atoms. The zero-order chi connectivity index (χ0) is 14.1. The van der Waals surface area contributed by atoms with Gasteiger partial charge in [0.15, 0.2) is 0 Å². The molecule has 2 aliphatic heterocycles. The Morgan fingerprint density at radius 1 is 1.32 bits per heavy atom. The number of amides is 1. The van der Waals surface area contributed by atoms with E-state index in [1.165, 1.54) is 6.42 Å². The summed E-state index contributed by atoms with van der Waals surface area (Å²) in [6.07, 6.45) is 4.28. The van der Waals surface area contributed by atoms with Crippen LogP contribution in [0.4, 0.5) is 0 Å². The average molecular weight is 289 g/mol.